The van der Waals surface area contributed by atoms with Gasteiger partial charge < -0.3 is 10.1 Å². The number of methoxy groups -OCH3 is 1. The van der Waals surface area contributed by atoms with Gasteiger partial charge >= 0.3 is 0 Å². The number of rotatable bonds is 7. The third-order valence-corrected chi connectivity index (χ3v) is 4.56. The van der Waals surface area contributed by atoms with E-state index in [0.717, 1.165) is 23.1 Å². The summed E-state index contributed by atoms with van der Waals surface area (Å²) in [5.41, 5.74) is 2.64. The summed E-state index contributed by atoms with van der Waals surface area (Å²) in [4.78, 5) is 20.3. The zero-order valence-electron chi connectivity index (χ0n) is 15.7. The first-order chi connectivity index (χ1) is 12.4. The lowest BCUT2D eigenvalue weighted by molar-refractivity contribution is -0.126. The van der Waals surface area contributed by atoms with Gasteiger partial charge in [-0.2, -0.15) is 0 Å². The fraction of sp³-hybridized carbons (Fsp3) is 0.381. The van der Waals surface area contributed by atoms with E-state index in [1.165, 1.54) is 0 Å². The van der Waals surface area contributed by atoms with E-state index in [1.54, 1.807) is 19.5 Å². The minimum absolute atomic E-state index is 0.00786. The first kappa shape index (κ1) is 19.6. The standard InChI is InChI=1S/C21H25N3O2/c1-6-18(14-26-5)24-20(25)21(2,3)17-9-7-15(8-10-17)16-11-19(22-4)13-23-12-16/h7-13,18H,6,14H2,1-3,5H3,(H,24,25). The number of pyridine rings is 1. The van der Waals surface area contributed by atoms with Crippen LogP contribution in [0.5, 0.6) is 0 Å². The van der Waals surface area contributed by atoms with Crippen molar-refractivity contribution in [3.05, 3.63) is 59.7 Å². The minimum Gasteiger partial charge on any atom is -0.383 e. The van der Waals surface area contributed by atoms with Crippen molar-refractivity contribution in [3.8, 4) is 11.1 Å². The second-order valence-electron chi connectivity index (χ2n) is 6.78. The number of aromatic nitrogens is 1. The largest absolute Gasteiger partial charge is 0.383 e. The average Bonchev–Trinajstić information content (AvgIpc) is 2.67. The van der Waals surface area contributed by atoms with Crippen molar-refractivity contribution in [2.45, 2.75) is 38.6 Å². The lowest BCUT2D eigenvalue weighted by Gasteiger charge is -2.27. The van der Waals surface area contributed by atoms with E-state index in [4.69, 9.17) is 11.3 Å². The highest BCUT2D eigenvalue weighted by Crippen LogP contribution is 2.28. The van der Waals surface area contributed by atoms with Gasteiger partial charge in [-0.05, 0) is 43.0 Å². The van der Waals surface area contributed by atoms with Crippen molar-refractivity contribution >= 4 is 11.6 Å². The topological polar surface area (TPSA) is 55.6 Å². The molecule has 136 valence electrons. The second kappa shape index (κ2) is 8.59. The number of carbonyl (C=O) groups excluding carboxylic acids is 1. The number of amides is 1. The summed E-state index contributed by atoms with van der Waals surface area (Å²) in [6.45, 7) is 13.5. The molecule has 0 saturated heterocycles. The Morgan fingerprint density at radius 3 is 2.54 bits per heavy atom. The molecule has 0 saturated carbocycles. The molecule has 1 amide bonds. The summed E-state index contributed by atoms with van der Waals surface area (Å²) < 4.78 is 5.16. The van der Waals surface area contributed by atoms with Crippen LogP contribution in [0.15, 0.2) is 42.7 Å². The van der Waals surface area contributed by atoms with Gasteiger partial charge in [0.1, 0.15) is 0 Å². The molecule has 26 heavy (non-hydrogen) atoms. The van der Waals surface area contributed by atoms with E-state index in [9.17, 15) is 4.79 Å². The van der Waals surface area contributed by atoms with Gasteiger partial charge in [0, 0.05) is 19.5 Å². The van der Waals surface area contributed by atoms with Gasteiger partial charge in [0.05, 0.1) is 24.6 Å². The molecular weight excluding hydrogens is 326 g/mol. The molecule has 5 nitrogen and oxygen atoms in total. The number of benzene rings is 1. The van der Waals surface area contributed by atoms with Crippen LogP contribution in [-0.2, 0) is 14.9 Å². The maximum Gasteiger partial charge on any atom is 0.230 e. The van der Waals surface area contributed by atoms with Crippen LogP contribution in [0.3, 0.4) is 0 Å². The molecule has 1 N–H and O–H groups in total. The summed E-state index contributed by atoms with van der Waals surface area (Å²) in [5, 5.41) is 3.06. The number of hydrogen-bond acceptors (Lipinski definition) is 3. The quantitative estimate of drug-likeness (QED) is 0.764. The molecule has 2 aromatic rings. The van der Waals surface area contributed by atoms with Crippen LogP contribution in [0.1, 0.15) is 32.8 Å². The zero-order chi connectivity index (χ0) is 19.2. The van der Waals surface area contributed by atoms with Crippen molar-refractivity contribution in [2.24, 2.45) is 0 Å². The minimum atomic E-state index is -0.656. The Bertz CT molecular complexity index is 792. The summed E-state index contributed by atoms with van der Waals surface area (Å²) in [7, 11) is 1.64. The van der Waals surface area contributed by atoms with Gasteiger partial charge in [-0.15, -0.1) is 0 Å². The Hall–Kier alpha value is -2.71. The monoisotopic (exact) mass is 351 g/mol. The third-order valence-electron chi connectivity index (χ3n) is 4.56. The fourth-order valence-electron chi connectivity index (χ4n) is 2.69. The Kier molecular flexibility index (Phi) is 6.48. The lowest BCUT2D eigenvalue weighted by atomic mass is 9.82. The van der Waals surface area contributed by atoms with Gasteiger partial charge in [-0.1, -0.05) is 31.2 Å². The number of nitrogens with one attached hydrogen (secondary N) is 1. The Morgan fingerprint density at radius 2 is 1.96 bits per heavy atom. The number of ether oxygens (including phenoxy) is 1. The van der Waals surface area contributed by atoms with Crippen molar-refractivity contribution in [1.82, 2.24) is 10.3 Å². The molecule has 0 aliphatic heterocycles. The SMILES string of the molecule is [C-]#[N+]c1cncc(-c2ccc(C(C)(C)C(=O)NC(CC)COC)cc2)c1. The van der Waals surface area contributed by atoms with E-state index in [-0.39, 0.29) is 11.9 Å². The molecule has 2 rings (SSSR count). The van der Waals surface area contributed by atoms with Crippen LogP contribution < -0.4 is 5.32 Å². The molecule has 0 aliphatic carbocycles. The molecule has 0 bridgehead atoms. The van der Waals surface area contributed by atoms with E-state index in [1.807, 2.05) is 51.1 Å². The Balaban J connectivity index is 2.20. The van der Waals surface area contributed by atoms with Crippen LogP contribution in [-0.4, -0.2) is 30.6 Å². The van der Waals surface area contributed by atoms with Gasteiger partial charge in [-0.3, -0.25) is 9.78 Å². The summed E-state index contributed by atoms with van der Waals surface area (Å²) in [6, 6.07) is 9.65. The first-order valence-electron chi connectivity index (χ1n) is 8.65. The maximum absolute atomic E-state index is 12.7. The molecule has 1 aromatic heterocycles. The van der Waals surface area contributed by atoms with Gasteiger partial charge in [0.2, 0.25) is 11.6 Å². The van der Waals surface area contributed by atoms with E-state index >= 15 is 0 Å². The molecule has 1 atom stereocenters. The molecule has 0 spiro atoms. The summed E-state index contributed by atoms with van der Waals surface area (Å²) >= 11 is 0. The van der Waals surface area contributed by atoms with Crippen molar-refractivity contribution in [3.63, 3.8) is 0 Å². The third kappa shape index (κ3) is 4.47. The van der Waals surface area contributed by atoms with Crippen LogP contribution >= 0.6 is 0 Å². The molecule has 0 fully saturated rings. The van der Waals surface area contributed by atoms with Crippen molar-refractivity contribution in [2.75, 3.05) is 13.7 Å². The van der Waals surface area contributed by atoms with Gasteiger partial charge in [0.25, 0.3) is 0 Å². The number of nitrogens with zero attached hydrogens (tertiary/aromatic N) is 2. The molecule has 5 heteroatoms. The summed E-state index contributed by atoms with van der Waals surface area (Å²) in [5.74, 6) is -0.0224. The number of carbonyl (C=O) groups is 1. The molecule has 0 aliphatic rings. The zero-order valence-corrected chi connectivity index (χ0v) is 15.7. The van der Waals surface area contributed by atoms with Crippen molar-refractivity contribution in [1.29, 1.82) is 0 Å². The highest BCUT2D eigenvalue weighted by molar-refractivity contribution is 5.87. The normalized spacial score (nSPS) is 12.3. The van der Waals surface area contributed by atoms with Crippen LogP contribution in [0.4, 0.5) is 5.69 Å². The van der Waals surface area contributed by atoms with E-state index in [0.29, 0.717) is 12.3 Å². The van der Waals surface area contributed by atoms with Gasteiger partial charge in [-0.25, -0.2) is 4.85 Å². The maximum atomic E-state index is 12.7. The Labute approximate surface area is 155 Å². The van der Waals surface area contributed by atoms with Crippen LogP contribution in [0, 0.1) is 6.57 Å². The highest BCUT2D eigenvalue weighted by atomic mass is 16.5. The first-order valence-corrected chi connectivity index (χ1v) is 8.65. The average molecular weight is 351 g/mol. The fourth-order valence-corrected chi connectivity index (χ4v) is 2.69. The van der Waals surface area contributed by atoms with Crippen molar-refractivity contribution < 1.29 is 9.53 Å². The van der Waals surface area contributed by atoms with E-state index in [2.05, 4.69) is 15.1 Å². The Morgan fingerprint density at radius 1 is 1.27 bits per heavy atom. The van der Waals surface area contributed by atoms with Crippen LogP contribution in [0.25, 0.3) is 16.0 Å². The highest BCUT2D eigenvalue weighted by Gasteiger charge is 2.31. The predicted octanol–water partition coefficient (Wildman–Crippen LogP) is 4.12. The van der Waals surface area contributed by atoms with Gasteiger partial charge in [0.15, 0.2) is 0 Å². The second-order valence-corrected chi connectivity index (χ2v) is 6.78. The lowest BCUT2D eigenvalue weighted by Crippen LogP contribution is -2.46. The van der Waals surface area contributed by atoms with Crippen LogP contribution in [0.2, 0.25) is 0 Å². The molecule has 1 heterocycles. The summed E-state index contributed by atoms with van der Waals surface area (Å²) in [6.07, 6.45) is 4.10. The predicted molar refractivity (Wildman–Crippen MR) is 103 cm³/mol. The molecular formula is C21H25N3O2. The van der Waals surface area contributed by atoms with E-state index < -0.39 is 5.41 Å². The molecule has 1 aromatic carbocycles. The molecule has 0 radical (unpaired) electrons. The smallest absolute Gasteiger partial charge is 0.230 e. The molecule has 1 unspecified atom stereocenters. The number of hydrogen-bond donors (Lipinski definition) is 1.